The van der Waals surface area contributed by atoms with Gasteiger partial charge in [0.05, 0.1) is 5.56 Å². The minimum Gasteiger partial charge on any atom is -0.292 e. The van der Waals surface area contributed by atoms with Crippen molar-refractivity contribution < 1.29 is 9.32 Å². The number of rotatable bonds is 6. The molecule has 0 aliphatic rings. The maximum Gasteiger partial charge on any atom is 0.383 e. The lowest BCUT2D eigenvalue weighted by Gasteiger charge is -2.25. The second-order valence-electron chi connectivity index (χ2n) is 6.69. The monoisotopic (exact) mass is 429 g/mol. The van der Waals surface area contributed by atoms with Crippen LogP contribution in [0.3, 0.4) is 0 Å². The van der Waals surface area contributed by atoms with Crippen LogP contribution in [0.15, 0.2) is 120 Å². The number of carbonyl (C=O) groups excluding carboxylic acids is 1. The van der Waals surface area contributed by atoms with Gasteiger partial charge in [0.2, 0.25) is 0 Å². The van der Waals surface area contributed by atoms with Gasteiger partial charge in [-0.15, -0.1) is 11.8 Å². The van der Waals surface area contributed by atoms with Crippen LogP contribution in [-0.4, -0.2) is 12.2 Å². The standard InChI is InChI=1S/C26H22O2PS/c1-30-25-20-12-11-19-24(25)26(27)28-29(21-13-5-2-6-14-21,22-15-7-3-8-16-22)23-17-9-4-10-18-23/h2-20H,1H3/q+1. The van der Waals surface area contributed by atoms with Gasteiger partial charge in [-0.1, -0.05) is 66.7 Å². The molecule has 2 nitrogen and oxygen atoms in total. The Balaban J connectivity index is 1.94. The van der Waals surface area contributed by atoms with Gasteiger partial charge in [0.25, 0.3) is 7.49 Å². The van der Waals surface area contributed by atoms with Crippen molar-refractivity contribution in [1.29, 1.82) is 0 Å². The molecule has 0 radical (unpaired) electrons. The molecule has 4 heteroatoms. The summed E-state index contributed by atoms with van der Waals surface area (Å²) in [6.07, 6.45) is 1.97. The minimum atomic E-state index is -2.66. The molecule has 0 N–H and O–H groups in total. The van der Waals surface area contributed by atoms with Gasteiger partial charge in [-0.05, 0) is 54.8 Å². The first-order chi connectivity index (χ1) is 14.8. The first-order valence-corrected chi connectivity index (χ1v) is 12.6. The Bertz CT molecular complexity index is 1020. The molecule has 0 bridgehead atoms. The highest BCUT2D eigenvalue weighted by Gasteiger charge is 2.51. The molecule has 0 spiro atoms. The van der Waals surface area contributed by atoms with Crippen molar-refractivity contribution in [1.82, 2.24) is 0 Å². The van der Waals surface area contributed by atoms with Crippen LogP contribution < -0.4 is 15.9 Å². The van der Waals surface area contributed by atoms with Gasteiger partial charge in [-0.25, -0.2) is 4.79 Å². The van der Waals surface area contributed by atoms with Gasteiger partial charge in [-0.2, -0.15) is 0 Å². The molecule has 0 heterocycles. The van der Waals surface area contributed by atoms with Crippen molar-refractivity contribution in [3.8, 4) is 0 Å². The SMILES string of the molecule is CSc1ccccc1C(=O)O[P+](c1ccccc1)(c1ccccc1)c1ccccc1. The van der Waals surface area contributed by atoms with Crippen LogP contribution in [0, 0.1) is 0 Å². The van der Waals surface area contributed by atoms with Crippen molar-refractivity contribution in [3.63, 3.8) is 0 Å². The lowest BCUT2D eigenvalue weighted by molar-refractivity contribution is 0.0751. The quantitative estimate of drug-likeness (QED) is 0.300. The highest BCUT2D eigenvalue weighted by atomic mass is 32.2. The number of carbonyl (C=O) groups is 1. The molecule has 0 amide bonds. The van der Waals surface area contributed by atoms with E-state index in [1.165, 1.54) is 0 Å². The van der Waals surface area contributed by atoms with E-state index in [1.54, 1.807) is 11.8 Å². The fraction of sp³-hybridized carbons (Fsp3) is 0.0385. The molecule has 148 valence electrons. The first-order valence-electron chi connectivity index (χ1n) is 9.68. The highest BCUT2D eigenvalue weighted by Crippen LogP contribution is 2.57. The van der Waals surface area contributed by atoms with Crippen molar-refractivity contribution >= 4 is 41.1 Å². The summed E-state index contributed by atoms with van der Waals surface area (Å²) in [6.45, 7) is 0. The first kappa shape index (κ1) is 20.4. The second-order valence-corrected chi connectivity index (χ2v) is 10.5. The molecule has 0 aliphatic heterocycles. The Morgan fingerprint density at radius 1 is 0.633 bits per heavy atom. The van der Waals surface area contributed by atoms with Gasteiger partial charge < -0.3 is 0 Å². The number of thioether (sulfide) groups is 1. The molecule has 30 heavy (non-hydrogen) atoms. The van der Waals surface area contributed by atoms with E-state index in [0.29, 0.717) is 5.56 Å². The molecule has 0 saturated heterocycles. The summed E-state index contributed by atoms with van der Waals surface area (Å²) in [5.41, 5.74) is 0.595. The number of benzene rings is 4. The van der Waals surface area contributed by atoms with Gasteiger partial charge in [0.1, 0.15) is 15.9 Å². The second kappa shape index (κ2) is 9.30. The van der Waals surface area contributed by atoms with Crippen molar-refractivity contribution in [3.05, 3.63) is 121 Å². The molecular formula is C26H22O2PS+. The average Bonchev–Trinajstić information content (AvgIpc) is 2.84. The Hall–Kier alpha value is -2.87. The van der Waals surface area contributed by atoms with E-state index in [4.69, 9.17) is 4.52 Å². The van der Waals surface area contributed by atoms with E-state index >= 15 is 0 Å². The molecule has 0 aromatic heterocycles. The van der Waals surface area contributed by atoms with Crippen molar-refractivity contribution in [2.24, 2.45) is 0 Å². The van der Waals surface area contributed by atoms with Crippen LogP contribution in [0.5, 0.6) is 0 Å². The molecule has 0 unspecified atom stereocenters. The van der Waals surface area contributed by atoms with Gasteiger partial charge in [0, 0.05) is 4.90 Å². The van der Waals surface area contributed by atoms with Crippen LogP contribution >= 0.6 is 19.3 Å². The summed E-state index contributed by atoms with van der Waals surface area (Å²) in [4.78, 5) is 14.5. The number of hydrogen-bond acceptors (Lipinski definition) is 3. The fourth-order valence-electron chi connectivity index (χ4n) is 3.51. The Labute approximate surface area is 182 Å². The molecule has 4 rings (SSSR count). The summed E-state index contributed by atoms with van der Waals surface area (Å²) < 4.78 is 6.58. The Morgan fingerprint density at radius 2 is 1.03 bits per heavy atom. The normalized spacial score (nSPS) is 11.1. The Kier molecular flexibility index (Phi) is 6.32. The third-order valence-electron chi connectivity index (χ3n) is 4.91. The zero-order chi connectivity index (χ0) is 20.8. The fourth-order valence-corrected chi connectivity index (χ4v) is 7.43. The van der Waals surface area contributed by atoms with E-state index in [-0.39, 0.29) is 5.97 Å². The smallest absolute Gasteiger partial charge is 0.292 e. The minimum absolute atomic E-state index is 0.301. The highest BCUT2D eigenvalue weighted by molar-refractivity contribution is 7.98. The zero-order valence-electron chi connectivity index (χ0n) is 16.6. The van der Waals surface area contributed by atoms with Crippen LogP contribution in [0.25, 0.3) is 0 Å². The lowest BCUT2D eigenvalue weighted by Crippen LogP contribution is -2.34. The third kappa shape index (κ3) is 3.92. The zero-order valence-corrected chi connectivity index (χ0v) is 18.4. The van der Waals surface area contributed by atoms with E-state index in [0.717, 1.165) is 20.8 Å². The predicted molar refractivity (Wildman–Crippen MR) is 129 cm³/mol. The van der Waals surface area contributed by atoms with E-state index in [9.17, 15) is 4.79 Å². The summed E-state index contributed by atoms with van der Waals surface area (Å²) >= 11 is 1.55. The number of hydrogen-bond donors (Lipinski definition) is 0. The van der Waals surface area contributed by atoms with Crippen LogP contribution in [0.4, 0.5) is 0 Å². The third-order valence-corrected chi connectivity index (χ3v) is 9.22. The molecular weight excluding hydrogens is 407 g/mol. The summed E-state index contributed by atoms with van der Waals surface area (Å²) in [5, 5.41) is 3.03. The Morgan fingerprint density at radius 3 is 1.47 bits per heavy atom. The van der Waals surface area contributed by atoms with Gasteiger partial charge >= 0.3 is 5.97 Å². The van der Waals surface area contributed by atoms with Crippen LogP contribution in [0.1, 0.15) is 10.4 Å². The predicted octanol–water partition coefficient (Wildman–Crippen LogP) is 5.47. The summed E-state index contributed by atoms with van der Waals surface area (Å²) in [5.74, 6) is -0.301. The molecule has 0 saturated carbocycles. The molecule has 0 fully saturated rings. The topological polar surface area (TPSA) is 26.3 Å². The summed E-state index contributed by atoms with van der Waals surface area (Å²) in [7, 11) is -2.66. The molecule has 4 aromatic rings. The average molecular weight is 430 g/mol. The van der Waals surface area contributed by atoms with E-state index < -0.39 is 7.49 Å². The van der Waals surface area contributed by atoms with Crippen molar-refractivity contribution in [2.75, 3.05) is 6.26 Å². The van der Waals surface area contributed by atoms with Crippen LogP contribution in [0.2, 0.25) is 0 Å². The maximum absolute atomic E-state index is 13.6. The van der Waals surface area contributed by atoms with Gasteiger partial charge in [-0.3, -0.25) is 4.52 Å². The van der Waals surface area contributed by atoms with Gasteiger partial charge in [0.15, 0.2) is 0 Å². The van der Waals surface area contributed by atoms with Crippen LogP contribution in [-0.2, 0) is 4.52 Å². The molecule has 4 aromatic carbocycles. The molecule has 0 aliphatic carbocycles. The maximum atomic E-state index is 13.6. The lowest BCUT2D eigenvalue weighted by atomic mass is 10.2. The van der Waals surface area contributed by atoms with Crippen molar-refractivity contribution in [2.45, 2.75) is 4.90 Å². The van der Waals surface area contributed by atoms with E-state index in [2.05, 4.69) is 36.4 Å². The largest absolute Gasteiger partial charge is 0.383 e. The molecule has 0 atom stereocenters. The summed E-state index contributed by atoms with van der Waals surface area (Å²) in [6, 6.07) is 37.9. The van der Waals surface area contributed by atoms with E-state index in [1.807, 2.05) is 85.1 Å².